The number of hydrogen-bond acceptors (Lipinski definition) is 6. The molecule has 5 rings (SSSR count). The standard InChI is InChI=1S/C28H22Cl2N2O5S/c29-20-12-11-18(13-21(20)30)25(34)31-22-26(35)32-23(19(14-33)15-38-27(22)32)28(36)37-24(16-7-3-1-4-8-16)17-9-5-2-6-10-17/h1-13,22,24,27,33H,14-15H2,(H,31,34)/t22?,27-/m1/s1. The number of esters is 1. The zero-order valence-corrected chi connectivity index (χ0v) is 22.2. The molecule has 2 aliphatic rings. The Bertz CT molecular complexity index is 1380. The van der Waals surface area contributed by atoms with Gasteiger partial charge in [0.25, 0.3) is 11.8 Å². The maximum atomic E-state index is 13.6. The molecule has 3 aromatic rings. The van der Waals surface area contributed by atoms with E-state index in [4.69, 9.17) is 27.9 Å². The Hall–Kier alpha value is -3.30. The van der Waals surface area contributed by atoms with Gasteiger partial charge in [0.2, 0.25) is 0 Å². The number of benzene rings is 3. The lowest BCUT2D eigenvalue weighted by Gasteiger charge is -2.49. The van der Waals surface area contributed by atoms with Gasteiger partial charge >= 0.3 is 5.97 Å². The summed E-state index contributed by atoms with van der Waals surface area (Å²) in [7, 11) is 0. The highest BCUT2D eigenvalue weighted by Gasteiger charge is 2.54. The van der Waals surface area contributed by atoms with Crippen molar-refractivity contribution in [3.8, 4) is 0 Å². The third-order valence-corrected chi connectivity index (χ3v) is 8.41. The summed E-state index contributed by atoms with van der Waals surface area (Å²) in [4.78, 5) is 40.9. The first-order chi connectivity index (χ1) is 18.4. The van der Waals surface area contributed by atoms with Crippen molar-refractivity contribution in [3.05, 3.63) is 117 Å². The Labute approximate surface area is 233 Å². The van der Waals surface area contributed by atoms with Crippen molar-refractivity contribution in [1.29, 1.82) is 0 Å². The van der Waals surface area contributed by atoms with Gasteiger partial charge < -0.3 is 15.2 Å². The molecule has 0 spiro atoms. The number of thioether (sulfide) groups is 1. The van der Waals surface area contributed by atoms with E-state index in [1.165, 1.54) is 34.9 Å². The van der Waals surface area contributed by atoms with Crippen LogP contribution >= 0.6 is 35.0 Å². The van der Waals surface area contributed by atoms with Crippen LogP contribution in [0.25, 0.3) is 0 Å². The first kappa shape index (κ1) is 26.3. The van der Waals surface area contributed by atoms with E-state index in [1.54, 1.807) is 0 Å². The number of carbonyl (C=O) groups is 3. The minimum Gasteiger partial charge on any atom is -0.448 e. The lowest BCUT2D eigenvalue weighted by molar-refractivity contribution is -0.153. The molecule has 1 saturated heterocycles. The van der Waals surface area contributed by atoms with Crippen molar-refractivity contribution in [2.24, 2.45) is 0 Å². The van der Waals surface area contributed by atoms with E-state index in [0.717, 1.165) is 11.1 Å². The minimum atomic E-state index is -0.857. The van der Waals surface area contributed by atoms with E-state index >= 15 is 0 Å². The van der Waals surface area contributed by atoms with E-state index in [-0.39, 0.29) is 16.3 Å². The summed E-state index contributed by atoms with van der Waals surface area (Å²) in [5.74, 6) is -1.38. The minimum absolute atomic E-state index is 0.0122. The van der Waals surface area contributed by atoms with Gasteiger partial charge in [-0.2, -0.15) is 0 Å². The fraction of sp³-hybridized carbons (Fsp3) is 0.179. The second-order valence-corrected chi connectivity index (χ2v) is 10.6. The molecule has 10 heteroatoms. The summed E-state index contributed by atoms with van der Waals surface area (Å²) in [6.07, 6.45) is -0.716. The molecule has 0 radical (unpaired) electrons. The molecular formula is C28H22Cl2N2O5S. The van der Waals surface area contributed by atoms with Crippen LogP contribution in [0.4, 0.5) is 0 Å². The molecule has 38 heavy (non-hydrogen) atoms. The Kier molecular flexibility index (Phi) is 7.76. The zero-order chi connectivity index (χ0) is 26.8. The van der Waals surface area contributed by atoms with Gasteiger partial charge in [-0.3, -0.25) is 14.5 Å². The van der Waals surface area contributed by atoms with Gasteiger partial charge in [0.05, 0.1) is 16.7 Å². The van der Waals surface area contributed by atoms with Crippen molar-refractivity contribution in [2.75, 3.05) is 12.4 Å². The van der Waals surface area contributed by atoms with Crippen molar-refractivity contribution < 1.29 is 24.2 Å². The van der Waals surface area contributed by atoms with Gasteiger partial charge in [0.15, 0.2) is 6.10 Å². The molecule has 7 nitrogen and oxygen atoms in total. The van der Waals surface area contributed by atoms with E-state index in [0.29, 0.717) is 16.3 Å². The quantitative estimate of drug-likeness (QED) is 0.320. The predicted molar refractivity (Wildman–Crippen MR) is 146 cm³/mol. The monoisotopic (exact) mass is 568 g/mol. The van der Waals surface area contributed by atoms with E-state index < -0.39 is 41.9 Å². The summed E-state index contributed by atoms with van der Waals surface area (Å²) in [6.45, 7) is -0.407. The number of ether oxygens (including phenoxy) is 1. The number of hydrogen-bond donors (Lipinski definition) is 2. The Balaban J connectivity index is 1.38. The molecule has 194 valence electrons. The lowest BCUT2D eigenvalue weighted by Crippen LogP contribution is -2.70. The molecule has 0 aliphatic carbocycles. The normalized spacial score (nSPS) is 18.6. The largest absolute Gasteiger partial charge is 0.448 e. The maximum Gasteiger partial charge on any atom is 0.356 e. The second kappa shape index (κ2) is 11.2. The highest BCUT2D eigenvalue weighted by molar-refractivity contribution is 8.00. The van der Waals surface area contributed by atoms with E-state index in [1.807, 2.05) is 60.7 Å². The predicted octanol–water partition coefficient (Wildman–Crippen LogP) is 4.59. The van der Waals surface area contributed by atoms with Crippen LogP contribution in [0.2, 0.25) is 10.0 Å². The van der Waals surface area contributed by atoms with Crippen LogP contribution in [0, 0.1) is 0 Å². The number of carbonyl (C=O) groups excluding carboxylic acids is 3. The smallest absolute Gasteiger partial charge is 0.356 e. The third-order valence-electron chi connectivity index (χ3n) is 6.33. The highest BCUT2D eigenvalue weighted by atomic mass is 35.5. The van der Waals surface area contributed by atoms with Crippen LogP contribution in [0.15, 0.2) is 90.1 Å². The first-order valence-electron chi connectivity index (χ1n) is 11.7. The summed E-state index contributed by atoms with van der Waals surface area (Å²) >= 11 is 13.3. The number of halogens is 2. The van der Waals surface area contributed by atoms with E-state index in [2.05, 4.69) is 5.32 Å². The summed E-state index contributed by atoms with van der Waals surface area (Å²) < 4.78 is 5.98. The average molecular weight is 569 g/mol. The Morgan fingerprint density at radius 2 is 1.63 bits per heavy atom. The molecule has 2 N–H and O–H groups in total. The number of amides is 2. The van der Waals surface area contributed by atoms with Gasteiger partial charge in [-0.15, -0.1) is 11.8 Å². The van der Waals surface area contributed by atoms with Crippen molar-refractivity contribution in [1.82, 2.24) is 10.2 Å². The van der Waals surface area contributed by atoms with Gasteiger partial charge in [0.1, 0.15) is 17.1 Å². The van der Waals surface area contributed by atoms with Crippen LogP contribution < -0.4 is 5.32 Å². The molecular weight excluding hydrogens is 547 g/mol. The number of nitrogens with zero attached hydrogens (tertiary/aromatic N) is 1. The molecule has 1 fully saturated rings. The van der Waals surface area contributed by atoms with Gasteiger partial charge in [-0.25, -0.2) is 4.79 Å². The molecule has 2 heterocycles. The average Bonchev–Trinajstić information content (AvgIpc) is 2.95. The molecule has 2 amide bonds. The summed E-state index contributed by atoms with van der Waals surface area (Å²) in [5.41, 5.74) is 2.19. The fourth-order valence-corrected chi connectivity index (χ4v) is 6.04. The third kappa shape index (κ3) is 5.05. The SMILES string of the molecule is O=C(OC(c1ccccc1)c1ccccc1)C1=C(CO)CS[C@@H]2C(NC(=O)c3ccc(Cl)c(Cl)c3)C(=O)N12. The fourth-order valence-electron chi connectivity index (χ4n) is 4.40. The van der Waals surface area contributed by atoms with Gasteiger partial charge in [-0.1, -0.05) is 83.9 Å². The topological polar surface area (TPSA) is 95.9 Å². The Morgan fingerprint density at radius 1 is 1.00 bits per heavy atom. The molecule has 0 saturated carbocycles. The van der Waals surface area contributed by atoms with Crippen LogP contribution in [0.1, 0.15) is 27.6 Å². The van der Waals surface area contributed by atoms with Crippen LogP contribution in [-0.2, 0) is 14.3 Å². The van der Waals surface area contributed by atoms with Gasteiger partial charge in [-0.05, 0) is 34.9 Å². The zero-order valence-electron chi connectivity index (χ0n) is 19.8. The number of nitrogens with one attached hydrogen (secondary N) is 1. The Morgan fingerprint density at radius 3 is 2.21 bits per heavy atom. The number of aliphatic hydroxyl groups excluding tert-OH is 1. The molecule has 1 unspecified atom stereocenters. The van der Waals surface area contributed by atoms with Crippen LogP contribution in [0.5, 0.6) is 0 Å². The molecule has 0 bridgehead atoms. The summed E-state index contributed by atoms with van der Waals surface area (Å²) in [5, 5.41) is 12.7. The second-order valence-electron chi connectivity index (χ2n) is 8.71. The number of aliphatic hydroxyl groups is 1. The lowest BCUT2D eigenvalue weighted by atomic mass is 10.0. The van der Waals surface area contributed by atoms with Crippen LogP contribution in [0.3, 0.4) is 0 Å². The van der Waals surface area contributed by atoms with Crippen LogP contribution in [-0.4, -0.2) is 51.6 Å². The summed E-state index contributed by atoms with van der Waals surface area (Å²) in [6, 6.07) is 22.2. The number of fused-ring (bicyclic) bond motifs is 1. The van der Waals surface area contributed by atoms with Crippen molar-refractivity contribution in [2.45, 2.75) is 17.5 Å². The van der Waals surface area contributed by atoms with E-state index in [9.17, 15) is 19.5 Å². The molecule has 3 aromatic carbocycles. The molecule has 2 atom stereocenters. The molecule has 2 aliphatic heterocycles. The highest BCUT2D eigenvalue weighted by Crippen LogP contribution is 2.41. The van der Waals surface area contributed by atoms with Gasteiger partial charge in [0, 0.05) is 11.3 Å². The van der Waals surface area contributed by atoms with Crippen molar-refractivity contribution >= 4 is 52.7 Å². The maximum absolute atomic E-state index is 13.6. The number of rotatable bonds is 7. The number of β-lactam (4-membered cyclic amide) rings is 1. The van der Waals surface area contributed by atoms with Crippen molar-refractivity contribution in [3.63, 3.8) is 0 Å². The first-order valence-corrected chi connectivity index (χ1v) is 13.5. The molecule has 0 aromatic heterocycles.